The average molecular weight is 131 g/mol. The summed E-state index contributed by atoms with van der Waals surface area (Å²) in [5.74, 6) is -0.592. The number of carboxylic acid groups (broad SMARTS) is 1. The van der Waals surface area contributed by atoms with Crippen molar-refractivity contribution in [3.8, 4) is 6.07 Å². The van der Waals surface area contributed by atoms with Crippen molar-refractivity contribution < 1.29 is 9.90 Å². The van der Waals surface area contributed by atoms with Crippen LogP contribution in [0.1, 0.15) is 0 Å². The van der Waals surface area contributed by atoms with Gasteiger partial charge in [-0.15, -0.1) is 11.8 Å². The highest BCUT2D eigenvalue weighted by Gasteiger charge is 1.93. The Hall–Kier alpha value is -0.690. The number of thioether (sulfide) groups is 1. The zero-order valence-corrected chi connectivity index (χ0v) is 4.94. The predicted octanol–water partition coefficient (Wildman–Crippen LogP) is 0.328. The Labute approximate surface area is 51.3 Å². The van der Waals surface area contributed by atoms with Gasteiger partial charge in [0, 0.05) is 0 Å². The molecule has 0 fully saturated rings. The highest BCUT2D eigenvalue weighted by Crippen LogP contribution is 1.95. The van der Waals surface area contributed by atoms with E-state index in [9.17, 15) is 4.79 Å². The minimum Gasteiger partial charge on any atom is -0.481 e. The van der Waals surface area contributed by atoms with E-state index in [1.807, 2.05) is 6.07 Å². The van der Waals surface area contributed by atoms with E-state index in [1.54, 1.807) is 0 Å². The molecule has 3 nitrogen and oxygen atoms in total. The van der Waals surface area contributed by atoms with Crippen LogP contribution in [-0.2, 0) is 4.79 Å². The smallest absolute Gasteiger partial charge is 0.313 e. The third-order valence-electron chi connectivity index (χ3n) is 0.392. The van der Waals surface area contributed by atoms with Crippen LogP contribution < -0.4 is 0 Å². The average Bonchev–Trinajstić information content (AvgIpc) is 1.66. The van der Waals surface area contributed by atoms with E-state index in [0.717, 1.165) is 11.8 Å². The molecule has 0 aliphatic rings. The second kappa shape index (κ2) is 4.47. The summed E-state index contributed by atoms with van der Waals surface area (Å²) in [5, 5.41) is 15.9. The molecule has 0 amide bonds. The standard InChI is InChI=1S/C4H5NO2S/c5-1-2-8-3-4(6)7/h2-3H2,(H,6,7). The van der Waals surface area contributed by atoms with Crippen molar-refractivity contribution in [1.29, 1.82) is 5.26 Å². The molecule has 0 aromatic carbocycles. The molecule has 1 N–H and O–H groups in total. The van der Waals surface area contributed by atoms with Crippen LogP contribution in [0.25, 0.3) is 0 Å². The van der Waals surface area contributed by atoms with E-state index < -0.39 is 5.97 Å². The zero-order valence-electron chi connectivity index (χ0n) is 4.13. The summed E-state index contributed by atoms with van der Waals surface area (Å²) in [6.07, 6.45) is 0. The largest absolute Gasteiger partial charge is 0.481 e. The van der Waals surface area contributed by atoms with Crippen molar-refractivity contribution in [2.45, 2.75) is 0 Å². The number of carboxylic acids is 1. The molecule has 4 heteroatoms. The van der Waals surface area contributed by atoms with Crippen LogP contribution in [0.15, 0.2) is 0 Å². The molecule has 0 saturated carbocycles. The van der Waals surface area contributed by atoms with Crippen molar-refractivity contribution in [2.75, 3.05) is 11.5 Å². The maximum Gasteiger partial charge on any atom is 0.313 e. The summed E-state index contributed by atoms with van der Waals surface area (Å²) >= 11 is 1.10. The molecule has 44 valence electrons. The fourth-order valence-electron chi connectivity index (χ4n) is 0.184. The molecule has 0 saturated heterocycles. The molecular formula is C4H5NO2S. The normalized spacial score (nSPS) is 7.88. The second-order valence-corrected chi connectivity index (χ2v) is 2.03. The lowest BCUT2D eigenvalue weighted by Gasteiger charge is -1.84. The van der Waals surface area contributed by atoms with Crippen LogP contribution in [0.3, 0.4) is 0 Å². The zero-order chi connectivity index (χ0) is 6.41. The number of carbonyl (C=O) groups is 1. The summed E-state index contributed by atoms with van der Waals surface area (Å²) in [4.78, 5) is 9.74. The van der Waals surface area contributed by atoms with Crippen LogP contribution in [-0.4, -0.2) is 22.6 Å². The number of nitrogens with zero attached hydrogens (tertiary/aromatic N) is 1. The quantitative estimate of drug-likeness (QED) is 0.560. The van der Waals surface area contributed by atoms with E-state index in [-0.39, 0.29) is 11.5 Å². The maximum absolute atomic E-state index is 9.74. The van der Waals surface area contributed by atoms with Gasteiger partial charge in [-0.25, -0.2) is 0 Å². The summed E-state index contributed by atoms with van der Waals surface area (Å²) in [5.41, 5.74) is 0. The van der Waals surface area contributed by atoms with Gasteiger partial charge in [-0.3, -0.25) is 4.79 Å². The molecule has 0 rings (SSSR count). The minimum absolute atomic E-state index is 0.0214. The maximum atomic E-state index is 9.74. The minimum atomic E-state index is -0.870. The fourth-order valence-corrected chi connectivity index (χ4v) is 0.552. The van der Waals surface area contributed by atoms with E-state index >= 15 is 0 Å². The van der Waals surface area contributed by atoms with Crippen LogP contribution in [0, 0.1) is 11.3 Å². The summed E-state index contributed by atoms with van der Waals surface area (Å²) < 4.78 is 0. The van der Waals surface area contributed by atoms with E-state index in [2.05, 4.69) is 0 Å². The summed E-state index contributed by atoms with van der Waals surface area (Å²) in [6, 6.07) is 1.82. The van der Waals surface area contributed by atoms with Gasteiger partial charge in [-0.2, -0.15) is 5.26 Å². The first kappa shape index (κ1) is 7.31. The van der Waals surface area contributed by atoms with Gasteiger partial charge in [0.1, 0.15) is 0 Å². The highest BCUT2D eigenvalue weighted by atomic mass is 32.2. The number of hydrogen-bond donors (Lipinski definition) is 1. The molecule has 0 aromatic heterocycles. The first-order valence-electron chi connectivity index (χ1n) is 1.94. The first-order valence-corrected chi connectivity index (χ1v) is 3.09. The molecule has 0 bridgehead atoms. The lowest BCUT2D eigenvalue weighted by atomic mass is 10.8. The molecule has 0 unspecified atom stereocenters. The number of nitriles is 1. The number of hydrogen-bond acceptors (Lipinski definition) is 3. The van der Waals surface area contributed by atoms with Gasteiger partial charge < -0.3 is 5.11 Å². The molecule has 0 aliphatic heterocycles. The number of rotatable bonds is 3. The molecule has 0 atom stereocenters. The van der Waals surface area contributed by atoms with Crippen LogP contribution in [0.5, 0.6) is 0 Å². The molecule has 0 aromatic rings. The van der Waals surface area contributed by atoms with Crippen molar-refractivity contribution in [3.63, 3.8) is 0 Å². The van der Waals surface area contributed by atoms with Gasteiger partial charge in [-0.05, 0) is 0 Å². The Morgan fingerprint density at radius 2 is 2.50 bits per heavy atom. The predicted molar refractivity (Wildman–Crippen MR) is 30.6 cm³/mol. The first-order chi connectivity index (χ1) is 3.77. The Kier molecular flexibility index (Phi) is 4.08. The van der Waals surface area contributed by atoms with Gasteiger partial charge in [0.15, 0.2) is 0 Å². The van der Waals surface area contributed by atoms with Crippen molar-refractivity contribution in [2.24, 2.45) is 0 Å². The van der Waals surface area contributed by atoms with Crippen molar-refractivity contribution in [3.05, 3.63) is 0 Å². The topological polar surface area (TPSA) is 61.1 Å². The monoisotopic (exact) mass is 131 g/mol. The molecule has 0 spiro atoms. The van der Waals surface area contributed by atoms with Crippen molar-refractivity contribution in [1.82, 2.24) is 0 Å². The summed E-state index contributed by atoms with van der Waals surface area (Å²) in [6.45, 7) is 0. The van der Waals surface area contributed by atoms with E-state index in [4.69, 9.17) is 10.4 Å². The second-order valence-electron chi connectivity index (χ2n) is 1.04. The molecule has 0 aliphatic carbocycles. The van der Waals surface area contributed by atoms with Gasteiger partial charge in [-0.1, -0.05) is 0 Å². The lowest BCUT2D eigenvalue weighted by Crippen LogP contribution is -1.97. The molecule has 8 heavy (non-hydrogen) atoms. The van der Waals surface area contributed by atoms with E-state index in [0.29, 0.717) is 0 Å². The Morgan fingerprint density at radius 3 is 2.88 bits per heavy atom. The van der Waals surface area contributed by atoms with Crippen LogP contribution in [0.2, 0.25) is 0 Å². The Bertz CT molecular complexity index is 118. The third kappa shape index (κ3) is 5.31. The van der Waals surface area contributed by atoms with Gasteiger partial charge in [0.05, 0.1) is 17.6 Å². The highest BCUT2D eigenvalue weighted by molar-refractivity contribution is 8.00. The van der Waals surface area contributed by atoms with Crippen molar-refractivity contribution >= 4 is 17.7 Å². The third-order valence-corrected chi connectivity index (χ3v) is 1.18. The molecular weight excluding hydrogens is 126 g/mol. The fraction of sp³-hybridized carbons (Fsp3) is 0.500. The van der Waals surface area contributed by atoms with Gasteiger partial charge >= 0.3 is 5.97 Å². The Balaban J connectivity index is 2.97. The van der Waals surface area contributed by atoms with Gasteiger partial charge in [0.25, 0.3) is 0 Å². The Morgan fingerprint density at radius 1 is 1.88 bits per heavy atom. The van der Waals surface area contributed by atoms with Gasteiger partial charge in [0.2, 0.25) is 0 Å². The molecule has 0 heterocycles. The molecule has 0 radical (unpaired) electrons. The van der Waals surface area contributed by atoms with Crippen LogP contribution in [0.4, 0.5) is 0 Å². The van der Waals surface area contributed by atoms with Crippen LogP contribution >= 0.6 is 11.8 Å². The SMILES string of the molecule is N#CCSCC(=O)O. The summed E-state index contributed by atoms with van der Waals surface area (Å²) in [7, 11) is 0. The van der Waals surface area contributed by atoms with E-state index in [1.165, 1.54) is 0 Å². The lowest BCUT2D eigenvalue weighted by molar-refractivity contribution is -0.133. The number of aliphatic carboxylic acids is 1.